The summed E-state index contributed by atoms with van der Waals surface area (Å²) < 4.78 is 5.86. The fourth-order valence-electron chi connectivity index (χ4n) is 4.76. The normalized spacial score (nSPS) is 30.6. The van der Waals surface area contributed by atoms with Crippen LogP contribution in [0.2, 0.25) is 0 Å². The number of nitrogens with one attached hydrogen (secondary N) is 2. The van der Waals surface area contributed by atoms with Crippen LogP contribution in [0.5, 0.6) is 0 Å². The molecular formula is C16H23N2NaO5. The van der Waals surface area contributed by atoms with Crippen LogP contribution in [-0.2, 0) is 19.1 Å². The second kappa shape index (κ2) is 7.72. The maximum absolute atomic E-state index is 12.3. The summed E-state index contributed by atoms with van der Waals surface area (Å²) in [7, 11) is 0. The number of carbonyl (C=O) groups is 3. The first kappa shape index (κ1) is 19.7. The molecule has 0 aromatic carbocycles. The minimum Gasteiger partial charge on any atom is -0.548 e. The van der Waals surface area contributed by atoms with Gasteiger partial charge in [-0.05, 0) is 19.3 Å². The monoisotopic (exact) mass is 346 g/mol. The molecule has 0 radical (unpaired) electrons. The Kier molecular flexibility index (Phi) is 6.34. The van der Waals surface area contributed by atoms with Gasteiger partial charge in [-0.3, -0.25) is 9.59 Å². The SMILES string of the molecule is CC(=O)N[C@@H](CC(=O)NC1C2CCOC2C12CCCC2)C(=O)[O-].[Na+]. The van der Waals surface area contributed by atoms with E-state index < -0.39 is 17.9 Å². The van der Waals surface area contributed by atoms with Gasteiger partial charge in [0.25, 0.3) is 0 Å². The van der Waals surface area contributed by atoms with Gasteiger partial charge in [0.1, 0.15) is 0 Å². The number of carboxylic acids is 1. The van der Waals surface area contributed by atoms with Gasteiger partial charge < -0.3 is 25.3 Å². The van der Waals surface area contributed by atoms with Crippen LogP contribution in [0.25, 0.3) is 0 Å². The average Bonchev–Trinajstić information content (AvgIpc) is 3.12. The van der Waals surface area contributed by atoms with Crippen LogP contribution >= 0.6 is 0 Å². The van der Waals surface area contributed by atoms with E-state index in [4.69, 9.17) is 4.74 Å². The van der Waals surface area contributed by atoms with Crippen molar-refractivity contribution in [2.24, 2.45) is 11.3 Å². The van der Waals surface area contributed by atoms with Gasteiger partial charge in [0.2, 0.25) is 11.8 Å². The topological polar surface area (TPSA) is 108 Å². The smallest absolute Gasteiger partial charge is 0.548 e. The van der Waals surface area contributed by atoms with Crippen molar-refractivity contribution in [2.75, 3.05) is 6.61 Å². The molecule has 3 unspecified atom stereocenters. The second-order valence-electron chi connectivity index (χ2n) is 7.01. The van der Waals surface area contributed by atoms with Gasteiger partial charge in [0.05, 0.1) is 24.5 Å². The van der Waals surface area contributed by atoms with Gasteiger partial charge in [0.15, 0.2) is 0 Å². The zero-order valence-corrected chi connectivity index (χ0v) is 16.3. The van der Waals surface area contributed by atoms with Crippen LogP contribution in [0.3, 0.4) is 0 Å². The summed E-state index contributed by atoms with van der Waals surface area (Å²) in [4.78, 5) is 34.4. The van der Waals surface area contributed by atoms with Gasteiger partial charge in [-0.1, -0.05) is 12.8 Å². The molecule has 4 atom stereocenters. The van der Waals surface area contributed by atoms with E-state index in [2.05, 4.69) is 10.6 Å². The second-order valence-corrected chi connectivity index (χ2v) is 7.01. The maximum Gasteiger partial charge on any atom is 1.00 e. The van der Waals surface area contributed by atoms with Crippen molar-refractivity contribution in [1.82, 2.24) is 10.6 Å². The largest absolute Gasteiger partial charge is 1.00 e. The van der Waals surface area contributed by atoms with Crippen molar-refractivity contribution in [1.29, 1.82) is 0 Å². The minimum atomic E-state index is -1.44. The van der Waals surface area contributed by atoms with E-state index in [0.717, 1.165) is 38.7 Å². The fraction of sp³-hybridized carbons (Fsp3) is 0.812. The molecule has 2 N–H and O–H groups in total. The molecule has 0 bridgehead atoms. The molecule has 3 aliphatic rings. The van der Waals surface area contributed by atoms with Crippen LogP contribution in [0.4, 0.5) is 0 Å². The van der Waals surface area contributed by atoms with Crippen LogP contribution in [-0.4, -0.2) is 42.6 Å². The van der Waals surface area contributed by atoms with Crippen molar-refractivity contribution >= 4 is 17.8 Å². The van der Waals surface area contributed by atoms with Gasteiger partial charge in [0, 0.05) is 30.9 Å². The number of hydrogen-bond acceptors (Lipinski definition) is 5. The molecule has 2 amide bonds. The minimum absolute atomic E-state index is 0. The number of fused-ring (bicyclic) bond motifs is 2. The third kappa shape index (κ3) is 3.49. The Labute approximate surface area is 163 Å². The van der Waals surface area contributed by atoms with E-state index in [1.54, 1.807) is 0 Å². The van der Waals surface area contributed by atoms with Crippen LogP contribution in [0, 0.1) is 11.3 Å². The Bertz CT molecular complexity index is 521. The van der Waals surface area contributed by atoms with E-state index in [1.807, 2.05) is 0 Å². The number of amides is 2. The molecule has 2 aliphatic carbocycles. The van der Waals surface area contributed by atoms with Crippen molar-refractivity contribution in [2.45, 2.75) is 63.6 Å². The van der Waals surface area contributed by atoms with E-state index in [0.29, 0.717) is 5.92 Å². The Balaban J connectivity index is 0.00000208. The first-order chi connectivity index (χ1) is 10.9. The summed E-state index contributed by atoms with van der Waals surface area (Å²) in [6.07, 6.45) is 5.27. The number of carboxylic acid groups (broad SMARTS) is 1. The Hall–Kier alpha value is -0.630. The Morgan fingerprint density at radius 3 is 2.54 bits per heavy atom. The van der Waals surface area contributed by atoms with E-state index in [9.17, 15) is 19.5 Å². The van der Waals surface area contributed by atoms with E-state index in [1.165, 1.54) is 6.92 Å². The van der Waals surface area contributed by atoms with E-state index in [-0.39, 0.29) is 59.4 Å². The molecule has 1 saturated heterocycles. The molecule has 0 aromatic rings. The number of carbonyl (C=O) groups excluding carboxylic acids is 3. The molecule has 2 saturated carbocycles. The number of hydrogen-bond donors (Lipinski definition) is 2. The predicted molar refractivity (Wildman–Crippen MR) is 77.9 cm³/mol. The first-order valence-corrected chi connectivity index (χ1v) is 8.33. The molecule has 3 rings (SSSR count). The third-order valence-electron chi connectivity index (χ3n) is 5.65. The van der Waals surface area contributed by atoms with Gasteiger partial charge in [-0.25, -0.2) is 0 Å². The summed E-state index contributed by atoms with van der Waals surface area (Å²) in [6, 6.07) is -1.23. The van der Waals surface area contributed by atoms with Crippen molar-refractivity contribution < 1.29 is 53.8 Å². The van der Waals surface area contributed by atoms with Crippen molar-refractivity contribution in [3.63, 3.8) is 0 Å². The zero-order chi connectivity index (χ0) is 16.6. The molecular weight excluding hydrogens is 323 g/mol. The zero-order valence-electron chi connectivity index (χ0n) is 14.3. The Morgan fingerprint density at radius 1 is 1.29 bits per heavy atom. The summed E-state index contributed by atoms with van der Waals surface area (Å²) in [5.41, 5.74) is 0.0296. The van der Waals surface area contributed by atoms with Crippen LogP contribution in [0.1, 0.15) is 45.4 Å². The van der Waals surface area contributed by atoms with Crippen LogP contribution in [0.15, 0.2) is 0 Å². The van der Waals surface area contributed by atoms with Gasteiger partial charge >= 0.3 is 29.6 Å². The molecule has 8 heteroatoms. The molecule has 24 heavy (non-hydrogen) atoms. The standard InChI is InChI=1S/C16H24N2O5.Na/c1-9(19)17-11(15(21)22)8-12(20)18-13-10-4-7-23-14(10)16(13)5-2-3-6-16;/h10-11,13-14H,2-8H2,1H3,(H,17,19)(H,18,20)(H,21,22);/q;+1/p-1/t10?,11-,13?,14?;/m0./s1. The van der Waals surface area contributed by atoms with Gasteiger partial charge in [-0.2, -0.15) is 0 Å². The number of rotatable bonds is 5. The third-order valence-corrected chi connectivity index (χ3v) is 5.65. The summed E-state index contributed by atoms with van der Waals surface area (Å²) in [5.74, 6) is -1.96. The average molecular weight is 346 g/mol. The summed E-state index contributed by atoms with van der Waals surface area (Å²) in [5, 5.41) is 16.3. The molecule has 128 valence electrons. The summed E-state index contributed by atoms with van der Waals surface area (Å²) in [6.45, 7) is 1.95. The Morgan fingerprint density at radius 2 is 1.96 bits per heavy atom. The van der Waals surface area contributed by atoms with Crippen LogP contribution < -0.4 is 45.3 Å². The molecule has 1 heterocycles. The predicted octanol–water partition coefficient (Wildman–Crippen LogP) is -3.90. The summed E-state index contributed by atoms with van der Waals surface area (Å²) >= 11 is 0. The fourth-order valence-corrected chi connectivity index (χ4v) is 4.76. The number of aliphatic carboxylic acids is 1. The van der Waals surface area contributed by atoms with Gasteiger partial charge in [-0.15, -0.1) is 0 Å². The quantitative estimate of drug-likeness (QED) is 0.495. The molecule has 3 fully saturated rings. The first-order valence-electron chi connectivity index (χ1n) is 8.33. The molecule has 0 aromatic heterocycles. The van der Waals surface area contributed by atoms with Crippen molar-refractivity contribution in [3.05, 3.63) is 0 Å². The molecule has 1 aliphatic heterocycles. The number of ether oxygens (including phenoxy) is 1. The van der Waals surface area contributed by atoms with E-state index >= 15 is 0 Å². The molecule has 1 spiro atoms. The maximum atomic E-state index is 12.3. The van der Waals surface area contributed by atoms with Crippen molar-refractivity contribution in [3.8, 4) is 0 Å². The molecule has 7 nitrogen and oxygen atoms in total.